The number of benzene rings is 1. The molecule has 1 atom stereocenters. The first-order chi connectivity index (χ1) is 9.67. The molecule has 1 unspecified atom stereocenters. The number of aromatic nitrogens is 1. The summed E-state index contributed by atoms with van der Waals surface area (Å²) in [5.41, 5.74) is 1.96. The average Bonchev–Trinajstić information content (AvgIpc) is 3.19. The summed E-state index contributed by atoms with van der Waals surface area (Å²) in [6.07, 6.45) is 2.31. The van der Waals surface area contributed by atoms with E-state index in [2.05, 4.69) is 10.3 Å². The molecule has 1 aromatic heterocycles. The number of hydrogen-bond acceptors (Lipinski definition) is 4. The summed E-state index contributed by atoms with van der Waals surface area (Å²) in [5, 5.41) is 3.03. The van der Waals surface area contributed by atoms with Gasteiger partial charge >= 0.3 is 0 Å². The second-order valence-electron chi connectivity index (χ2n) is 5.10. The van der Waals surface area contributed by atoms with Crippen molar-refractivity contribution in [3.8, 4) is 0 Å². The largest absolute Gasteiger partial charge is 0.429 e. The third-order valence-electron chi connectivity index (χ3n) is 3.54. The zero-order chi connectivity index (χ0) is 14.1. The number of fused-ring (bicyclic) bond motifs is 1. The SMILES string of the molecule is COCC(NC(=O)c1ccc2[nH]c(=S)oc2c1)C1CC1. The lowest BCUT2D eigenvalue weighted by Crippen LogP contribution is -2.39. The van der Waals surface area contributed by atoms with Gasteiger partial charge in [-0.2, -0.15) is 0 Å². The van der Waals surface area contributed by atoms with E-state index in [0.29, 0.717) is 28.5 Å². The maximum atomic E-state index is 12.3. The minimum atomic E-state index is -0.108. The number of hydrogen-bond donors (Lipinski definition) is 2. The number of carbonyl (C=O) groups is 1. The Bertz CT molecular complexity index is 687. The van der Waals surface area contributed by atoms with Crippen LogP contribution in [0.5, 0.6) is 0 Å². The minimum absolute atomic E-state index is 0.0841. The number of methoxy groups -OCH3 is 1. The van der Waals surface area contributed by atoms with Gasteiger partial charge in [0.05, 0.1) is 18.2 Å². The molecule has 20 heavy (non-hydrogen) atoms. The molecule has 1 aliphatic carbocycles. The Morgan fingerprint density at radius 1 is 1.60 bits per heavy atom. The molecule has 3 rings (SSSR count). The summed E-state index contributed by atoms with van der Waals surface area (Å²) < 4.78 is 10.5. The zero-order valence-corrected chi connectivity index (χ0v) is 12.0. The molecule has 1 amide bonds. The van der Waals surface area contributed by atoms with E-state index < -0.39 is 0 Å². The highest BCUT2D eigenvalue weighted by molar-refractivity contribution is 7.71. The van der Waals surface area contributed by atoms with Gasteiger partial charge in [0.25, 0.3) is 10.7 Å². The van der Waals surface area contributed by atoms with Gasteiger partial charge in [-0.1, -0.05) is 0 Å². The van der Waals surface area contributed by atoms with E-state index in [1.165, 1.54) is 0 Å². The predicted octanol–water partition coefficient (Wildman–Crippen LogP) is 2.65. The lowest BCUT2D eigenvalue weighted by molar-refractivity contribution is 0.0884. The van der Waals surface area contributed by atoms with Gasteiger partial charge in [0, 0.05) is 12.7 Å². The zero-order valence-electron chi connectivity index (χ0n) is 11.1. The number of amides is 1. The highest BCUT2D eigenvalue weighted by Crippen LogP contribution is 2.32. The topological polar surface area (TPSA) is 67.3 Å². The molecule has 106 valence electrons. The van der Waals surface area contributed by atoms with Crippen molar-refractivity contribution in [3.05, 3.63) is 28.6 Å². The van der Waals surface area contributed by atoms with Crippen LogP contribution in [0.2, 0.25) is 0 Å². The first-order valence-corrected chi connectivity index (χ1v) is 7.01. The highest BCUT2D eigenvalue weighted by Gasteiger charge is 2.32. The van der Waals surface area contributed by atoms with E-state index in [0.717, 1.165) is 18.4 Å². The Hall–Kier alpha value is -1.66. The molecule has 1 heterocycles. The summed E-state index contributed by atoms with van der Waals surface area (Å²) in [4.78, 5) is 15.5. The highest BCUT2D eigenvalue weighted by atomic mass is 32.1. The van der Waals surface area contributed by atoms with Gasteiger partial charge in [0.15, 0.2) is 5.58 Å². The fraction of sp³-hybridized carbons (Fsp3) is 0.429. The molecule has 1 fully saturated rings. The first-order valence-electron chi connectivity index (χ1n) is 6.60. The molecule has 0 spiro atoms. The number of aromatic amines is 1. The molecule has 2 aromatic rings. The van der Waals surface area contributed by atoms with E-state index in [-0.39, 0.29) is 11.9 Å². The summed E-state index contributed by atoms with van der Waals surface area (Å²) in [6.45, 7) is 0.545. The van der Waals surface area contributed by atoms with Crippen LogP contribution in [0.4, 0.5) is 0 Å². The Kier molecular flexibility index (Phi) is 3.58. The summed E-state index contributed by atoms with van der Waals surface area (Å²) in [5.74, 6) is 0.432. The Morgan fingerprint density at radius 2 is 2.40 bits per heavy atom. The van der Waals surface area contributed by atoms with Crippen molar-refractivity contribution >= 4 is 29.2 Å². The van der Waals surface area contributed by atoms with E-state index >= 15 is 0 Å². The van der Waals surface area contributed by atoms with Crippen molar-refractivity contribution in [3.63, 3.8) is 0 Å². The number of nitrogens with one attached hydrogen (secondary N) is 2. The van der Waals surface area contributed by atoms with Crippen LogP contribution in [0.3, 0.4) is 0 Å². The average molecular weight is 292 g/mol. The summed E-state index contributed by atoms with van der Waals surface area (Å²) in [7, 11) is 1.65. The molecule has 6 heteroatoms. The molecule has 0 radical (unpaired) electrons. The van der Waals surface area contributed by atoms with Gasteiger partial charge in [0.2, 0.25) is 0 Å². The van der Waals surface area contributed by atoms with E-state index in [1.807, 2.05) is 0 Å². The van der Waals surface area contributed by atoms with E-state index in [4.69, 9.17) is 21.4 Å². The number of rotatable bonds is 5. The van der Waals surface area contributed by atoms with Gasteiger partial charge in [-0.05, 0) is 49.2 Å². The molecular weight excluding hydrogens is 276 g/mol. The Balaban J connectivity index is 1.78. The number of carbonyl (C=O) groups excluding carboxylic acids is 1. The van der Waals surface area contributed by atoms with Crippen molar-refractivity contribution in [2.75, 3.05) is 13.7 Å². The molecule has 2 N–H and O–H groups in total. The fourth-order valence-corrected chi connectivity index (χ4v) is 2.51. The smallest absolute Gasteiger partial charge is 0.266 e. The lowest BCUT2D eigenvalue weighted by atomic mass is 10.1. The Morgan fingerprint density at radius 3 is 3.10 bits per heavy atom. The van der Waals surface area contributed by atoms with Gasteiger partial charge in [-0.15, -0.1) is 0 Å². The van der Waals surface area contributed by atoms with Crippen molar-refractivity contribution in [1.29, 1.82) is 0 Å². The fourth-order valence-electron chi connectivity index (χ4n) is 2.31. The molecule has 5 nitrogen and oxygen atoms in total. The molecule has 0 saturated heterocycles. The summed E-state index contributed by atoms with van der Waals surface area (Å²) >= 11 is 4.93. The maximum absolute atomic E-state index is 12.3. The summed E-state index contributed by atoms with van der Waals surface area (Å²) in [6, 6.07) is 5.34. The molecule has 1 aromatic carbocycles. The second-order valence-corrected chi connectivity index (χ2v) is 5.47. The molecule has 1 saturated carbocycles. The monoisotopic (exact) mass is 292 g/mol. The third kappa shape index (κ3) is 2.76. The van der Waals surface area contributed by atoms with Crippen molar-refractivity contribution in [1.82, 2.24) is 10.3 Å². The maximum Gasteiger partial charge on any atom is 0.266 e. The number of oxazole rings is 1. The van der Waals surface area contributed by atoms with Crippen LogP contribution in [0.25, 0.3) is 11.1 Å². The molecular formula is C14H16N2O3S. The van der Waals surface area contributed by atoms with Crippen LogP contribution in [-0.4, -0.2) is 30.6 Å². The van der Waals surface area contributed by atoms with Crippen LogP contribution < -0.4 is 5.32 Å². The molecule has 0 aliphatic heterocycles. The van der Waals surface area contributed by atoms with Crippen LogP contribution in [-0.2, 0) is 4.74 Å². The molecule has 0 bridgehead atoms. The standard InChI is InChI=1S/C14H16N2O3S/c1-18-7-11(8-2-3-8)15-13(17)9-4-5-10-12(6-9)19-14(20)16-10/h4-6,8,11H,2-3,7H2,1H3,(H,15,17)(H,16,20). The molecule has 1 aliphatic rings. The Labute approximate surface area is 121 Å². The number of H-pyrrole nitrogens is 1. The second kappa shape index (κ2) is 5.38. The van der Waals surface area contributed by atoms with Crippen LogP contribution in [0, 0.1) is 10.8 Å². The van der Waals surface area contributed by atoms with Gasteiger partial charge in [-0.3, -0.25) is 4.79 Å². The van der Waals surface area contributed by atoms with E-state index in [1.54, 1.807) is 25.3 Å². The normalized spacial score (nSPS) is 16.2. The van der Waals surface area contributed by atoms with Crippen LogP contribution >= 0.6 is 12.2 Å². The van der Waals surface area contributed by atoms with E-state index in [9.17, 15) is 4.79 Å². The quantitative estimate of drug-likeness (QED) is 0.831. The number of ether oxygens (including phenoxy) is 1. The third-order valence-corrected chi connectivity index (χ3v) is 3.72. The van der Waals surface area contributed by atoms with Crippen molar-refractivity contribution in [2.45, 2.75) is 18.9 Å². The first kappa shape index (κ1) is 13.3. The van der Waals surface area contributed by atoms with Gasteiger partial charge in [-0.25, -0.2) is 0 Å². The van der Waals surface area contributed by atoms with Gasteiger partial charge in [0.1, 0.15) is 0 Å². The lowest BCUT2D eigenvalue weighted by Gasteiger charge is -2.17. The van der Waals surface area contributed by atoms with Crippen LogP contribution in [0.15, 0.2) is 22.6 Å². The van der Waals surface area contributed by atoms with Crippen molar-refractivity contribution < 1.29 is 13.9 Å². The predicted molar refractivity (Wildman–Crippen MR) is 77.3 cm³/mol. The van der Waals surface area contributed by atoms with Crippen molar-refractivity contribution in [2.24, 2.45) is 5.92 Å². The minimum Gasteiger partial charge on any atom is -0.429 e. The van der Waals surface area contributed by atoms with Crippen LogP contribution in [0.1, 0.15) is 23.2 Å². The van der Waals surface area contributed by atoms with Gasteiger partial charge < -0.3 is 19.5 Å².